The van der Waals surface area contributed by atoms with Crippen LogP contribution in [0, 0.1) is 31.1 Å². The molecular weight excluding hydrogens is 416 g/mol. The van der Waals surface area contributed by atoms with E-state index in [1.807, 2.05) is 0 Å². The molecule has 0 radical (unpaired) electrons. The number of hydrogen-bond donors (Lipinski definition) is 0. The Balaban J connectivity index is -0.000000749. The minimum atomic E-state index is -3.59. The van der Waals surface area contributed by atoms with Crippen LogP contribution in [-0.4, -0.2) is 21.5 Å². The van der Waals surface area contributed by atoms with Gasteiger partial charge >= 0.3 is 39.9 Å². The maximum atomic E-state index is 12.6. The Labute approximate surface area is 169 Å². The van der Waals surface area contributed by atoms with Crippen molar-refractivity contribution in [3.63, 3.8) is 0 Å². The number of benzene rings is 1. The van der Waals surface area contributed by atoms with E-state index in [9.17, 15) is 13.2 Å². The molecule has 0 spiro atoms. The van der Waals surface area contributed by atoms with Crippen LogP contribution in [0.2, 0.25) is 0 Å². The van der Waals surface area contributed by atoms with E-state index in [1.165, 1.54) is 13.2 Å². The first-order valence-corrected chi connectivity index (χ1v) is 8.24. The predicted octanol–water partition coefficient (Wildman–Crippen LogP) is 2.18. The summed E-state index contributed by atoms with van der Waals surface area (Å²) in [6.07, 6.45) is 6.64. The van der Waals surface area contributed by atoms with Gasteiger partial charge in [0.1, 0.15) is 9.84 Å². The fourth-order valence-corrected chi connectivity index (χ4v) is 3.63. The zero-order chi connectivity index (χ0) is 20.6. The van der Waals surface area contributed by atoms with Crippen molar-refractivity contribution in [2.24, 2.45) is 5.92 Å². The first-order chi connectivity index (χ1) is 12.6. The van der Waals surface area contributed by atoms with Crippen LogP contribution in [0.4, 0.5) is 0 Å². The van der Waals surface area contributed by atoms with Crippen molar-refractivity contribution in [1.82, 2.24) is 0 Å². The molecule has 1 aromatic rings. The van der Waals surface area contributed by atoms with Gasteiger partial charge in [-0.25, -0.2) is 20.6 Å². The van der Waals surface area contributed by atoms with Gasteiger partial charge in [-0.1, -0.05) is 23.4 Å². The van der Waals surface area contributed by atoms with Crippen LogP contribution < -0.4 is 0 Å². The summed E-state index contributed by atoms with van der Waals surface area (Å²) >= 11 is 0. The maximum absolute atomic E-state index is 12.6. The zero-order valence-corrected chi connectivity index (χ0v) is 16.0. The van der Waals surface area contributed by atoms with Crippen LogP contribution in [0.5, 0.6) is 0 Å². The molecule has 0 N–H and O–H groups in total. The molecule has 0 aromatic heterocycles. The molecule has 7 nitrogen and oxygen atoms in total. The standard InChI is InChI=1S/C15H15O4S.3CO.Fe/c1-19-15(16)11-12-7-5-6-10-14(12)20(17,18)13-8-3-2-4-9-13;3*1-2;/h2-10,12H,11H2,1H3;;;;/q-1;;;;. The van der Waals surface area contributed by atoms with Crippen LogP contribution in [0.1, 0.15) is 6.42 Å². The fourth-order valence-electron chi connectivity index (χ4n) is 2.02. The smallest absolute Gasteiger partial charge is 0 e. The Morgan fingerprint density at radius 1 is 1.07 bits per heavy atom. The van der Waals surface area contributed by atoms with Crippen LogP contribution in [0.3, 0.4) is 0 Å². The van der Waals surface area contributed by atoms with E-state index in [0.29, 0.717) is 0 Å². The largest absolute Gasteiger partial charge is 0 e. The second kappa shape index (κ2) is 17.2. The minimum absolute atomic E-state index is 0. The molecule has 1 aromatic carbocycles. The van der Waals surface area contributed by atoms with Crippen LogP contribution in [0.25, 0.3) is 0 Å². The van der Waals surface area contributed by atoms with Crippen molar-refractivity contribution in [2.45, 2.75) is 11.3 Å². The summed E-state index contributed by atoms with van der Waals surface area (Å²) in [6.45, 7) is 13.5. The third-order valence-corrected chi connectivity index (χ3v) is 5.01. The number of hydrogen-bond acceptors (Lipinski definition) is 4. The molecule has 27 heavy (non-hydrogen) atoms. The zero-order valence-electron chi connectivity index (χ0n) is 14.1. The van der Waals surface area contributed by atoms with Crippen molar-refractivity contribution < 1.29 is 49.0 Å². The molecular formula is C18H15FeO7S-. The molecule has 1 aliphatic carbocycles. The summed E-state index contributed by atoms with van der Waals surface area (Å²) in [5.41, 5.74) is 0. The van der Waals surface area contributed by atoms with Gasteiger partial charge in [0.05, 0.1) is 12.0 Å². The summed E-state index contributed by atoms with van der Waals surface area (Å²) in [5.74, 6) is -0.923. The average Bonchev–Trinajstić information content (AvgIpc) is 2.73. The summed E-state index contributed by atoms with van der Waals surface area (Å²) in [5, 5.41) is 0.219. The van der Waals surface area contributed by atoms with E-state index < -0.39 is 21.7 Å². The number of allylic oxidation sites excluding steroid dienone is 3. The molecule has 0 fully saturated rings. The molecule has 0 saturated heterocycles. The molecule has 1 atom stereocenters. The van der Waals surface area contributed by atoms with Crippen molar-refractivity contribution in [3.05, 3.63) is 79.8 Å². The number of carbonyl (C=O) groups is 1. The van der Waals surface area contributed by atoms with Gasteiger partial charge in [-0.05, 0) is 18.1 Å². The molecule has 1 unspecified atom stereocenters. The SMILES string of the molecule is COC(=O)CC1C=CC=C[C-]1S(=O)(=O)c1ccccc1.[C-]#[O+].[C-]#[O+].[C-]#[O+].[Fe]. The predicted molar refractivity (Wildman–Crippen MR) is 87.1 cm³/mol. The van der Waals surface area contributed by atoms with E-state index in [-0.39, 0.29) is 33.6 Å². The molecule has 0 aliphatic heterocycles. The molecule has 9 heteroatoms. The number of ether oxygens (including phenoxy) is 1. The van der Waals surface area contributed by atoms with Crippen molar-refractivity contribution in [2.75, 3.05) is 7.11 Å². The summed E-state index contributed by atoms with van der Waals surface area (Å²) in [6, 6.07) is 8.19. The number of methoxy groups -OCH3 is 1. The van der Waals surface area contributed by atoms with Crippen molar-refractivity contribution >= 4 is 15.8 Å². The number of rotatable bonds is 4. The number of sulfone groups is 1. The van der Waals surface area contributed by atoms with E-state index in [4.69, 9.17) is 14.0 Å². The van der Waals surface area contributed by atoms with Gasteiger partial charge in [0.2, 0.25) is 0 Å². The fraction of sp³-hybridized carbons (Fsp3) is 0.167. The van der Waals surface area contributed by atoms with Gasteiger partial charge in [-0.2, -0.15) is 0 Å². The average molecular weight is 431 g/mol. The molecule has 0 bridgehead atoms. The molecule has 144 valence electrons. The van der Waals surface area contributed by atoms with Crippen molar-refractivity contribution in [1.29, 1.82) is 0 Å². The molecule has 0 amide bonds. The van der Waals surface area contributed by atoms with Gasteiger partial charge in [0.15, 0.2) is 0 Å². The molecule has 0 heterocycles. The Hall–Kier alpha value is -2.27. The summed E-state index contributed by atoms with van der Waals surface area (Å²) in [4.78, 5) is 11.6. The monoisotopic (exact) mass is 431 g/mol. The van der Waals surface area contributed by atoms with Gasteiger partial charge in [-0.15, -0.1) is 12.2 Å². The quantitative estimate of drug-likeness (QED) is 0.314. The molecule has 1 aliphatic rings. The van der Waals surface area contributed by atoms with Gasteiger partial charge in [0, 0.05) is 23.5 Å². The third kappa shape index (κ3) is 9.29. The molecule has 0 saturated carbocycles. The first kappa shape index (κ1) is 29.5. The molecule has 2 rings (SSSR count). The van der Waals surface area contributed by atoms with Crippen LogP contribution in [0.15, 0.2) is 59.5 Å². The normalized spacial score (nSPS) is 13.6. The first-order valence-electron chi connectivity index (χ1n) is 6.75. The number of carbonyl (C=O) groups excluding carboxylic acids is 1. The second-order valence-electron chi connectivity index (χ2n) is 4.35. The van der Waals surface area contributed by atoms with E-state index >= 15 is 0 Å². The van der Waals surface area contributed by atoms with Crippen molar-refractivity contribution in [3.8, 4) is 0 Å². The van der Waals surface area contributed by atoms with Gasteiger partial charge < -0.3 is 4.74 Å². The van der Waals surface area contributed by atoms with E-state index in [0.717, 1.165) is 0 Å². The third-order valence-electron chi connectivity index (χ3n) is 3.06. The van der Waals surface area contributed by atoms with E-state index in [2.05, 4.69) is 24.7 Å². The maximum Gasteiger partial charge on any atom is 0 e. The Kier molecular flexibility index (Phi) is 18.7. The summed E-state index contributed by atoms with van der Waals surface area (Å²) < 4.78 is 52.3. The second-order valence-corrected chi connectivity index (χ2v) is 6.30. The summed E-state index contributed by atoms with van der Waals surface area (Å²) in [7, 11) is -2.31. The Morgan fingerprint density at radius 2 is 1.59 bits per heavy atom. The Bertz CT molecular complexity index is 748. The topological polar surface area (TPSA) is 120 Å². The van der Waals surface area contributed by atoms with Crippen LogP contribution in [-0.2, 0) is 50.4 Å². The van der Waals surface area contributed by atoms with Crippen LogP contribution >= 0.6 is 0 Å². The Morgan fingerprint density at radius 3 is 2.07 bits per heavy atom. The van der Waals surface area contributed by atoms with Gasteiger partial charge in [0.25, 0.3) is 0 Å². The van der Waals surface area contributed by atoms with Gasteiger partial charge in [-0.3, -0.25) is 4.79 Å². The minimum Gasteiger partial charge on any atom is 0 e. The van der Waals surface area contributed by atoms with E-state index in [1.54, 1.807) is 48.6 Å². The number of esters is 1.